The molecule has 0 aromatic heterocycles. The van der Waals surface area contributed by atoms with E-state index in [0.29, 0.717) is 10.5 Å². The zero-order valence-electron chi connectivity index (χ0n) is 5.67. The molecule has 0 N–H and O–H groups in total. The Morgan fingerprint density at radius 3 is 3.11 bits per heavy atom. The van der Waals surface area contributed by atoms with E-state index in [1.165, 1.54) is 17.9 Å². The van der Waals surface area contributed by atoms with Crippen LogP contribution in [0.1, 0.15) is 13.3 Å². The summed E-state index contributed by atoms with van der Waals surface area (Å²) >= 11 is 0. The van der Waals surface area contributed by atoms with Gasteiger partial charge >= 0.3 is 0 Å². The number of hydrogen-bond acceptors (Lipinski definition) is 0. The normalized spacial score (nSPS) is 47.9. The highest BCUT2D eigenvalue weighted by molar-refractivity contribution is 8.39. The molecule has 2 aliphatic heterocycles. The smallest absolute Gasteiger partial charge is 0.0633 e. The molecule has 0 radical (unpaired) electrons. The van der Waals surface area contributed by atoms with Crippen molar-refractivity contribution in [2.45, 2.75) is 17.9 Å². The fourth-order valence-corrected chi connectivity index (χ4v) is 7.16. The maximum atomic E-state index is 2.57. The van der Waals surface area contributed by atoms with E-state index in [2.05, 4.69) is 17.7 Å². The molecule has 3 atom stereocenters. The van der Waals surface area contributed by atoms with Crippen LogP contribution in [0.25, 0.3) is 0 Å². The predicted octanol–water partition coefficient (Wildman–Crippen LogP) is 1.89. The van der Waals surface area contributed by atoms with Crippen molar-refractivity contribution < 1.29 is 0 Å². The van der Waals surface area contributed by atoms with Crippen molar-refractivity contribution >= 4 is 31.7 Å². The Balaban J connectivity index is 2.13. The number of hydrogen-bond donors (Lipinski definition) is 0. The largest absolute Gasteiger partial charge is 0.173 e. The number of rotatable bonds is 0. The van der Waals surface area contributed by atoms with Crippen LogP contribution in [0.5, 0.6) is 0 Å². The first kappa shape index (κ1) is 6.17. The third-order valence-electron chi connectivity index (χ3n) is 1.87. The van der Waals surface area contributed by atoms with E-state index in [4.69, 9.17) is 0 Å². The molecule has 0 aromatic carbocycles. The Kier molecular flexibility index (Phi) is 1.54. The van der Waals surface area contributed by atoms with Gasteiger partial charge in [0.2, 0.25) is 0 Å². The third-order valence-corrected chi connectivity index (χ3v) is 7.42. The van der Waals surface area contributed by atoms with Crippen LogP contribution >= 0.6 is 21.0 Å². The van der Waals surface area contributed by atoms with Crippen LogP contribution in [-0.2, 0) is 0 Å². The van der Waals surface area contributed by atoms with Crippen molar-refractivity contribution in [3.05, 3.63) is 0 Å². The van der Waals surface area contributed by atoms with Gasteiger partial charge in [-0.1, -0.05) is 5.37 Å². The highest BCUT2D eigenvalue weighted by Gasteiger charge is 2.28. The van der Waals surface area contributed by atoms with Crippen LogP contribution in [0.15, 0.2) is 0 Å². The molecule has 2 heteroatoms. The zero-order valence-corrected chi connectivity index (χ0v) is 7.30. The van der Waals surface area contributed by atoms with E-state index < -0.39 is 0 Å². The number of fused-ring (bicyclic) bond motifs is 1. The molecule has 0 amide bonds. The van der Waals surface area contributed by atoms with E-state index in [-0.39, 0.29) is 0 Å². The lowest BCUT2D eigenvalue weighted by atomic mass is 10.6. The first-order valence-electron chi connectivity index (χ1n) is 3.43. The molecular formula is C7H12S2. The second-order valence-electron chi connectivity index (χ2n) is 2.44. The van der Waals surface area contributed by atoms with Crippen molar-refractivity contribution in [2.24, 2.45) is 0 Å². The lowest BCUT2D eigenvalue weighted by Gasteiger charge is -2.14. The van der Waals surface area contributed by atoms with Gasteiger partial charge in [0.15, 0.2) is 0 Å². The Labute approximate surface area is 61.5 Å². The van der Waals surface area contributed by atoms with E-state index in [1.54, 1.807) is 0 Å². The van der Waals surface area contributed by atoms with Gasteiger partial charge in [0.05, 0.1) is 4.58 Å². The summed E-state index contributed by atoms with van der Waals surface area (Å²) in [6.45, 7) is 2.22. The monoisotopic (exact) mass is 160 g/mol. The van der Waals surface area contributed by atoms with E-state index >= 15 is 0 Å². The molecule has 1 saturated heterocycles. The van der Waals surface area contributed by atoms with E-state index in [1.807, 2.05) is 0 Å². The quantitative estimate of drug-likeness (QED) is 0.475. The van der Waals surface area contributed by atoms with Gasteiger partial charge in [-0.15, -0.1) is 0 Å². The topological polar surface area (TPSA) is 0 Å². The van der Waals surface area contributed by atoms with Crippen LogP contribution < -0.4 is 0 Å². The Morgan fingerprint density at radius 2 is 2.44 bits per heavy atom. The van der Waals surface area contributed by atoms with Gasteiger partial charge in [0.1, 0.15) is 0 Å². The van der Waals surface area contributed by atoms with Gasteiger partial charge < -0.3 is 0 Å². The Morgan fingerprint density at radius 1 is 1.56 bits per heavy atom. The molecule has 0 nitrogen and oxygen atoms in total. The van der Waals surface area contributed by atoms with Crippen molar-refractivity contribution in [3.63, 3.8) is 0 Å². The molecule has 1 fully saturated rings. The van der Waals surface area contributed by atoms with Crippen LogP contribution in [-0.4, -0.2) is 26.8 Å². The van der Waals surface area contributed by atoms with Crippen LogP contribution in [0.4, 0.5) is 0 Å². The molecule has 2 aliphatic rings. The molecule has 0 aromatic rings. The molecule has 52 valence electrons. The maximum absolute atomic E-state index is 2.57. The van der Waals surface area contributed by atoms with Crippen molar-refractivity contribution in [1.29, 1.82) is 0 Å². The molecule has 0 bridgehead atoms. The molecule has 2 rings (SSSR count). The molecule has 9 heavy (non-hydrogen) atoms. The second-order valence-corrected chi connectivity index (χ2v) is 7.19. The van der Waals surface area contributed by atoms with Gasteiger partial charge in [-0.2, -0.15) is 21.0 Å². The van der Waals surface area contributed by atoms with E-state index in [0.717, 1.165) is 15.1 Å². The third kappa shape index (κ3) is 1.03. The van der Waals surface area contributed by atoms with Gasteiger partial charge in [-0.25, -0.2) is 0 Å². The maximum Gasteiger partial charge on any atom is 0.0633 e. The van der Waals surface area contributed by atoms with Gasteiger partial charge in [0.25, 0.3) is 0 Å². The van der Waals surface area contributed by atoms with Crippen LogP contribution in [0.2, 0.25) is 0 Å². The second kappa shape index (κ2) is 2.24. The predicted molar refractivity (Wildman–Crippen MR) is 51.1 cm³/mol. The minimum absolute atomic E-state index is 0.709. The van der Waals surface area contributed by atoms with Crippen molar-refractivity contribution in [2.75, 3.05) is 11.5 Å². The summed E-state index contributed by atoms with van der Waals surface area (Å²) in [6.07, 6.45) is 1.49. The van der Waals surface area contributed by atoms with Gasteiger partial charge in [-0.3, -0.25) is 0 Å². The minimum Gasteiger partial charge on any atom is -0.173 e. The summed E-state index contributed by atoms with van der Waals surface area (Å²) in [4.78, 5) is 0. The van der Waals surface area contributed by atoms with Gasteiger partial charge in [-0.05, 0) is 30.2 Å². The molecule has 0 aliphatic carbocycles. The summed E-state index contributed by atoms with van der Waals surface area (Å²) in [7, 11) is 1.51. The summed E-state index contributed by atoms with van der Waals surface area (Å²) in [5.41, 5.74) is 0. The highest BCUT2D eigenvalue weighted by Crippen LogP contribution is 2.49. The highest BCUT2D eigenvalue weighted by atomic mass is 32.2. The molecular weight excluding hydrogens is 148 g/mol. The zero-order chi connectivity index (χ0) is 6.27. The average molecular weight is 160 g/mol. The molecule has 0 spiro atoms. The lowest BCUT2D eigenvalue weighted by molar-refractivity contribution is 1.12. The SMILES string of the molecule is C/C=S1\CCCS2=CC21. The summed E-state index contributed by atoms with van der Waals surface area (Å²) in [5, 5.41) is 4.99. The summed E-state index contributed by atoms with van der Waals surface area (Å²) < 4.78 is 1.06. The van der Waals surface area contributed by atoms with E-state index in [9.17, 15) is 0 Å². The van der Waals surface area contributed by atoms with Gasteiger partial charge in [0, 0.05) is 0 Å². The molecule has 2 heterocycles. The molecule has 3 unspecified atom stereocenters. The lowest BCUT2D eigenvalue weighted by Crippen LogP contribution is -1.99. The van der Waals surface area contributed by atoms with Crippen LogP contribution in [0, 0.1) is 0 Å². The first-order valence-corrected chi connectivity index (χ1v) is 6.47. The average Bonchev–Trinajstić information content (AvgIpc) is 2.64. The summed E-state index contributed by atoms with van der Waals surface area (Å²) in [6, 6.07) is 0. The first-order chi connectivity index (χ1) is 4.42. The fourth-order valence-electron chi connectivity index (χ4n) is 1.29. The standard InChI is InChI=1S/C7H12S2/c1-2-8-4-3-5-9-6-7(8)9/h2,6-7H,3-5H2,1H3. The Bertz CT molecular complexity index is 191. The minimum atomic E-state index is 0.709. The summed E-state index contributed by atoms with van der Waals surface area (Å²) in [5.74, 6) is 3.00. The Hall–Kier alpha value is 0.440. The van der Waals surface area contributed by atoms with Crippen molar-refractivity contribution in [1.82, 2.24) is 0 Å². The van der Waals surface area contributed by atoms with Crippen LogP contribution in [0.3, 0.4) is 0 Å². The van der Waals surface area contributed by atoms with Crippen molar-refractivity contribution in [3.8, 4) is 0 Å². The fraction of sp³-hybridized carbons (Fsp3) is 0.714. The molecule has 0 saturated carbocycles.